The number of halogens is 1. The molecule has 9 heteroatoms. The molecule has 2 aromatic rings. The number of anilines is 1. The van der Waals surface area contributed by atoms with E-state index in [1.165, 1.54) is 4.31 Å². The average molecular weight is 455 g/mol. The number of nitrogens with zero attached hydrogens (tertiary/aromatic N) is 1. The van der Waals surface area contributed by atoms with Crippen LogP contribution < -0.4 is 19.1 Å². The van der Waals surface area contributed by atoms with Crippen molar-refractivity contribution in [3.8, 4) is 11.5 Å². The SMILES string of the molecule is COc1ccc(OC)c([C@H](C)NC(=O)CCCN(c2cccc(Cl)c2)S(C)(=O)=O)c1. The molecule has 0 saturated carbocycles. The van der Waals surface area contributed by atoms with Gasteiger partial charge >= 0.3 is 0 Å². The van der Waals surface area contributed by atoms with Gasteiger partial charge in [0.2, 0.25) is 15.9 Å². The highest BCUT2D eigenvalue weighted by atomic mass is 35.5. The first-order valence-electron chi connectivity index (χ1n) is 9.40. The Hall–Kier alpha value is -2.45. The highest BCUT2D eigenvalue weighted by molar-refractivity contribution is 7.92. The van der Waals surface area contributed by atoms with Crippen molar-refractivity contribution in [1.29, 1.82) is 0 Å². The third-order valence-electron chi connectivity index (χ3n) is 4.54. The molecule has 0 unspecified atom stereocenters. The number of sulfonamides is 1. The lowest BCUT2D eigenvalue weighted by molar-refractivity contribution is -0.121. The Morgan fingerprint density at radius 3 is 2.50 bits per heavy atom. The number of carbonyl (C=O) groups is 1. The fourth-order valence-corrected chi connectivity index (χ4v) is 4.21. The molecule has 1 N–H and O–H groups in total. The minimum atomic E-state index is -3.50. The van der Waals surface area contributed by atoms with Crippen LogP contribution in [0.4, 0.5) is 5.69 Å². The zero-order valence-corrected chi connectivity index (χ0v) is 19.1. The van der Waals surface area contributed by atoms with Crippen LogP contribution in [0, 0.1) is 0 Å². The van der Waals surface area contributed by atoms with Crippen molar-refractivity contribution >= 4 is 33.2 Å². The Balaban J connectivity index is 2.00. The van der Waals surface area contributed by atoms with Gasteiger partial charge in [0.1, 0.15) is 11.5 Å². The second-order valence-corrected chi connectivity index (χ2v) is 9.16. The molecular weight excluding hydrogens is 428 g/mol. The van der Waals surface area contributed by atoms with Gasteiger partial charge in [0.15, 0.2) is 0 Å². The van der Waals surface area contributed by atoms with Crippen LogP contribution in [0.3, 0.4) is 0 Å². The molecule has 0 aliphatic carbocycles. The van der Waals surface area contributed by atoms with E-state index in [1.54, 1.807) is 50.6 Å². The van der Waals surface area contributed by atoms with E-state index in [0.29, 0.717) is 28.6 Å². The van der Waals surface area contributed by atoms with Gasteiger partial charge in [-0.3, -0.25) is 9.10 Å². The molecule has 0 heterocycles. The maximum absolute atomic E-state index is 12.4. The first-order chi connectivity index (χ1) is 14.2. The third-order valence-corrected chi connectivity index (χ3v) is 5.97. The van der Waals surface area contributed by atoms with Crippen LogP contribution in [0.1, 0.15) is 31.4 Å². The van der Waals surface area contributed by atoms with Gasteiger partial charge in [-0.25, -0.2) is 8.42 Å². The van der Waals surface area contributed by atoms with Crippen molar-refractivity contribution in [2.45, 2.75) is 25.8 Å². The Morgan fingerprint density at radius 1 is 1.17 bits per heavy atom. The first kappa shape index (κ1) is 23.8. The van der Waals surface area contributed by atoms with Gasteiger partial charge in [-0.2, -0.15) is 0 Å². The summed E-state index contributed by atoms with van der Waals surface area (Å²) in [6, 6.07) is 11.7. The average Bonchev–Trinajstić information content (AvgIpc) is 2.69. The lowest BCUT2D eigenvalue weighted by Crippen LogP contribution is -2.32. The van der Waals surface area contributed by atoms with E-state index in [4.69, 9.17) is 21.1 Å². The summed E-state index contributed by atoms with van der Waals surface area (Å²) in [6.45, 7) is 2.02. The molecule has 0 spiro atoms. The summed E-state index contributed by atoms with van der Waals surface area (Å²) in [5.74, 6) is 1.12. The molecule has 0 aliphatic heterocycles. The smallest absolute Gasteiger partial charge is 0.232 e. The monoisotopic (exact) mass is 454 g/mol. The van der Waals surface area contributed by atoms with Crippen molar-refractivity contribution in [3.63, 3.8) is 0 Å². The molecule has 0 saturated heterocycles. The fraction of sp³-hybridized carbons (Fsp3) is 0.381. The molecule has 2 rings (SSSR count). The molecule has 1 amide bonds. The molecule has 0 aliphatic rings. The number of benzene rings is 2. The number of hydrogen-bond donors (Lipinski definition) is 1. The Morgan fingerprint density at radius 2 is 1.90 bits per heavy atom. The van der Waals surface area contributed by atoms with Crippen LogP contribution >= 0.6 is 11.6 Å². The van der Waals surface area contributed by atoms with Gasteiger partial charge < -0.3 is 14.8 Å². The topological polar surface area (TPSA) is 84.9 Å². The van der Waals surface area contributed by atoms with E-state index in [9.17, 15) is 13.2 Å². The largest absolute Gasteiger partial charge is 0.497 e. The number of rotatable bonds is 10. The molecule has 7 nitrogen and oxygen atoms in total. The summed E-state index contributed by atoms with van der Waals surface area (Å²) in [4.78, 5) is 12.4. The van der Waals surface area contributed by atoms with E-state index in [2.05, 4.69) is 5.32 Å². The van der Waals surface area contributed by atoms with Gasteiger partial charge in [-0.05, 0) is 49.7 Å². The summed E-state index contributed by atoms with van der Waals surface area (Å²) in [7, 11) is -0.366. The van der Waals surface area contributed by atoms with Crippen LogP contribution in [0.5, 0.6) is 11.5 Å². The van der Waals surface area contributed by atoms with Crippen LogP contribution in [0.2, 0.25) is 5.02 Å². The van der Waals surface area contributed by atoms with Crippen LogP contribution in [0.15, 0.2) is 42.5 Å². The van der Waals surface area contributed by atoms with E-state index in [0.717, 1.165) is 11.8 Å². The zero-order chi connectivity index (χ0) is 22.3. The van der Waals surface area contributed by atoms with Crippen molar-refractivity contribution in [2.75, 3.05) is 31.3 Å². The highest BCUT2D eigenvalue weighted by Crippen LogP contribution is 2.29. The van der Waals surface area contributed by atoms with Crippen molar-refractivity contribution in [1.82, 2.24) is 5.32 Å². The zero-order valence-electron chi connectivity index (χ0n) is 17.5. The maximum Gasteiger partial charge on any atom is 0.232 e. The second kappa shape index (κ2) is 10.5. The van der Waals surface area contributed by atoms with Crippen molar-refractivity contribution in [2.24, 2.45) is 0 Å². The Bertz CT molecular complexity index is 981. The van der Waals surface area contributed by atoms with Crippen LogP contribution in [0.25, 0.3) is 0 Å². The number of amides is 1. The first-order valence-corrected chi connectivity index (χ1v) is 11.6. The minimum Gasteiger partial charge on any atom is -0.497 e. The predicted octanol–water partition coefficient (Wildman–Crippen LogP) is 3.78. The minimum absolute atomic E-state index is 0.170. The quantitative estimate of drug-likeness (QED) is 0.590. The van der Waals surface area contributed by atoms with Crippen LogP contribution in [-0.4, -0.2) is 41.3 Å². The van der Waals surface area contributed by atoms with Gasteiger partial charge in [-0.15, -0.1) is 0 Å². The second-order valence-electron chi connectivity index (χ2n) is 6.82. The van der Waals surface area contributed by atoms with E-state index in [1.807, 2.05) is 13.0 Å². The molecule has 30 heavy (non-hydrogen) atoms. The summed E-state index contributed by atoms with van der Waals surface area (Å²) >= 11 is 5.98. The van der Waals surface area contributed by atoms with E-state index in [-0.39, 0.29) is 24.9 Å². The Labute approximate surface area is 183 Å². The fourth-order valence-electron chi connectivity index (χ4n) is 3.07. The Kier molecular flexibility index (Phi) is 8.37. The van der Waals surface area contributed by atoms with Crippen LogP contribution in [-0.2, 0) is 14.8 Å². The van der Waals surface area contributed by atoms with Crippen molar-refractivity contribution in [3.05, 3.63) is 53.1 Å². The summed E-state index contributed by atoms with van der Waals surface area (Å²) < 4.78 is 36.2. The number of hydrogen-bond acceptors (Lipinski definition) is 5. The lowest BCUT2D eigenvalue weighted by Gasteiger charge is -2.23. The molecule has 0 bridgehead atoms. The number of nitrogens with one attached hydrogen (secondary N) is 1. The summed E-state index contributed by atoms with van der Waals surface area (Å²) in [5, 5.41) is 3.36. The van der Waals surface area contributed by atoms with Gasteiger partial charge in [0.25, 0.3) is 0 Å². The normalized spacial score (nSPS) is 12.2. The third kappa shape index (κ3) is 6.53. The summed E-state index contributed by atoms with van der Waals surface area (Å²) in [5.41, 5.74) is 1.27. The number of methoxy groups -OCH3 is 2. The molecular formula is C21H27ClN2O5S. The van der Waals surface area contributed by atoms with Crippen molar-refractivity contribution < 1.29 is 22.7 Å². The van der Waals surface area contributed by atoms with Gasteiger partial charge in [-0.1, -0.05) is 17.7 Å². The van der Waals surface area contributed by atoms with E-state index < -0.39 is 10.0 Å². The maximum atomic E-state index is 12.4. The molecule has 0 radical (unpaired) electrons. The molecule has 2 aromatic carbocycles. The molecule has 164 valence electrons. The number of ether oxygens (including phenoxy) is 2. The highest BCUT2D eigenvalue weighted by Gasteiger charge is 2.19. The molecule has 1 atom stereocenters. The molecule has 0 aromatic heterocycles. The van der Waals surface area contributed by atoms with E-state index >= 15 is 0 Å². The molecule has 0 fully saturated rings. The predicted molar refractivity (Wildman–Crippen MR) is 119 cm³/mol. The van der Waals surface area contributed by atoms with Gasteiger partial charge in [0, 0.05) is 23.6 Å². The number of carbonyl (C=O) groups excluding carboxylic acids is 1. The standard InChI is InChI=1S/C21H27ClN2O5S/c1-15(19-14-18(28-2)10-11-20(19)29-3)23-21(25)9-6-12-24(30(4,26)27)17-8-5-7-16(22)13-17/h5,7-8,10-11,13-15H,6,9,12H2,1-4H3,(H,23,25)/t15-/m0/s1. The lowest BCUT2D eigenvalue weighted by atomic mass is 10.1. The van der Waals surface area contributed by atoms with Gasteiger partial charge in [0.05, 0.1) is 32.2 Å². The summed E-state index contributed by atoms with van der Waals surface area (Å²) in [6.07, 6.45) is 1.65.